The Morgan fingerprint density at radius 1 is 1.38 bits per heavy atom. The summed E-state index contributed by atoms with van der Waals surface area (Å²) >= 11 is 13.9. The third-order valence-electron chi connectivity index (χ3n) is 1.98. The summed E-state index contributed by atoms with van der Waals surface area (Å²) in [6.45, 7) is 1.04. The van der Waals surface area contributed by atoms with Crippen LogP contribution >= 0.6 is 35.0 Å². The quantitative estimate of drug-likeness (QED) is 0.799. The second-order valence-electron chi connectivity index (χ2n) is 2.85. The summed E-state index contributed by atoms with van der Waals surface area (Å²) in [5.74, 6) is 1.13. The van der Waals surface area contributed by atoms with Gasteiger partial charge in [-0.3, -0.25) is 0 Å². The summed E-state index contributed by atoms with van der Waals surface area (Å²) in [7, 11) is 0. The molecule has 0 saturated carbocycles. The SMILES string of the molecule is Clc1cccc(C2NCCS2)c1Cl. The molecule has 1 nitrogen and oxygen atoms in total. The standard InChI is InChI=1S/C9H9Cl2NS/c10-7-3-1-2-6(8(7)11)9-12-4-5-13-9/h1-3,9,12H,4-5H2. The molecule has 0 bridgehead atoms. The molecule has 70 valence electrons. The van der Waals surface area contributed by atoms with Gasteiger partial charge in [0.15, 0.2) is 0 Å². The molecule has 1 unspecified atom stereocenters. The highest BCUT2D eigenvalue weighted by Gasteiger charge is 2.19. The number of hydrogen-bond acceptors (Lipinski definition) is 2. The van der Waals surface area contributed by atoms with Gasteiger partial charge in [0.2, 0.25) is 0 Å². The Balaban J connectivity index is 2.33. The van der Waals surface area contributed by atoms with Crippen LogP contribution in [-0.4, -0.2) is 12.3 Å². The van der Waals surface area contributed by atoms with Gasteiger partial charge in [0.05, 0.1) is 15.4 Å². The molecular formula is C9H9Cl2NS. The minimum absolute atomic E-state index is 0.311. The van der Waals surface area contributed by atoms with Crippen molar-refractivity contribution in [2.75, 3.05) is 12.3 Å². The highest BCUT2D eigenvalue weighted by Crippen LogP contribution is 2.37. The molecule has 1 atom stereocenters. The monoisotopic (exact) mass is 233 g/mol. The summed E-state index contributed by atoms with van der Waals surface area (Å²) in [6.07, 6.45) is 0. The predicted octanol–water partition coefficient (Wildman–Crippen LogP) is 3.33. The van der Waals surface area contributed by atoms with Crippen LogP contribution < -0.4 is 5.32 Å². The van der Waals surface area contributed by atoms with Gasteiger partial charge in [0, 0.05) is 12.3 Å². The Morgan fingerprint density at radius 3 is 2.92 bits per heavy atom. The Kier molecular flexibility index (Phi) is 3.04. The van der Waals surface area contributed by atoms with Gasteiger partial charge >= 0.3 is 0 Å². The van der Waals surface area contributed by atoms with Crippen LogP contribution in [0.1, 0.15) is 10.9 Å². The largest absolute Gasteiger partial charge is 0.301 e. The maximum Gasteiger partial charge on any atom is 0.0805 e. The fourth-order valence-corrected chi connectivity index (χ4v) is 2.91. The van der Waals surface area contributed by atoms with Crippen molar-refractivity contribution in [1.29, 1.82) is 0 Å². The minimum Gasteiger partial charge on any atom is -0.301 e. The van der Waals surface area contributed by atoms with Gasteiger partial charge in [-0.25, -0.2) is 0 Å². The molecule has 1 N–H and O–H groups in total. The van der Waals surface area contributed by atoms with Gasteiger partial charge in [-0.2, -0.15) is 0 Å². The van der Waals surface area contributed by atoms with Gasteiger partial charge in [-0.1, -0.05) is 35.3 Å². The Morgan fingerprint density at radius 2 is 2.23 bits per heavy atom. The number of nitrogens with one attached hydrogen (secondary N) is 1. The lowest BCUT2D eigenvalue weighted by Crippen LogP contribution is -2.12. The fraction of sp³-hybridized carbons (Fsp3) is 0.333. The maximum absolute atomic E-state index is 6.09. The van der Waals surface area contributed by atoms with Gasteiger partial charge in [0.1, 0.15) is 0 Å². The molecule has 0 spiro atoms. The van der Waals surface area contributed by atoms with E-state index in [1.807, 2.05) is 30.0 Å². The smallest absolute Gasteiger partial charge is 0.0805 e. The number of halogens is 2. The molecule has 1 fully saturated rings. The summed E-state index contributed by atoms with van der Waals surface area (Å²) in [5.41, 5.74) is 1.09. The Labute approximate surface area is 91.8 Å². The van der Waals surface area contributed by atoms with Crippen molar-refractivity contribution < 1.29 is 0 Å². The van der Waals surface area contributed by atoms with Crippen LogP contribution in [0.5, 0.6) is 0 Å². The number of thioether (sulfide) groups is 1. The van der Waals surface area contributed by atoms with Crippen molar-refractivity contribution in [1.82, 2.24) is 5.32 Å². The van der Waals surface area contributed by atoms with Crippen molar-refractivity contribution in [2.45, 2.75) is 5.37 Å². The van der Waals surface area contributed by atoms with E-state index in [-0.39, 0.29) is 0 Å². The first-order valence-electron chi connectivity index (χ1n) is 4.08. The average molecular weight is 234 g/mol. The second-order valence-corrected chi connectivity index (χ2v) is 4.85. The van der Waals surface area contributed by atoms with E-state index in [0.29, 0.717) is 15.4 Å². The van der Waals surface area contributed by atoms with E-state index in [9.17, 15) is 0 Å². The van der Waals surface area contributed by atoms with Crippen LogP contribution in [0.3, 0.4) is 0 Å². The predicted molar refractivity (Wildman–Crippen MR) is 59.7 cm³/mol. The van der Waals surface area contributed by atoms with Crippen LogP contribution in [0, 0.1) is 0 Å². The summed E-state index contributed by atoms with van der Waals surface area (Å²) < 4.78 is 0. The van der Waals surface area contributed by atoms with Gasteiger partial charge < -0.3 is 5.32 Å². The van der Waals surface area contributed by atoms with Crippen molar-refractivity contribution in [3.05, 3.63) is 33.8 Å². The lowest BCUT2D eigenvalue weighted by atomic mass is 10.2. The molecule has 4 heteroatoms. The zero-order chi connectivity index (χ0) is 9.26. The highest BCUT2D eigenvalue weighted by molar-refractivity contribution is 7.99. The van der Waals surface area contributed by atoms with E-state index >= 15 is 0 Å². The van der Waals surface area contributed by atoms with Gasteiger partial charge in [-0.15, -0.1) is 11.8 Å². The Hall–Kier alpha value is 0.110. The number of benzene rings is 1. The molecule has 1 saturated heterocycles. The molecule has 0 aliphatic carbocycles. The zero-order valence-corrected chi connectivity index (χ0v) is 9.22. The third-order valence-corrected chi connectivity index (χ3v) is 4.01. The summed E-state index contributed by atoms with van der Waals surface area (Å²) in [5, 5.41) is 4.98. The fourth-order valence-electron chi connectivity index (χ4n) is 1.35. The van der Waals surface area contributed by atoms with Crippen molar-refractivity contribution in [3.8, 4) is 0 Å². The van der Waals surface area contributed by atoms with Gasteiger partial charge in [0.25, 0.3) is 0 Å². The topological polar surface area (TPSA) is 12.0 Å². The maximum atomic E-state index is 6.09. The average Bonchev–Trinajstić information content (AvgIpc) is 2.62. The molecule has 1 heterocycles. The summed E-state index contributed by atoms with van der Waals surface area (Å²) in [4.78, 5) is 0. The number of hydrogen-bond donors (Lipinski definition) is 1. The molecule has 1 aromatic rings. The first kappa shape index (κ1) is 9.66. The molecular weight excluding hydrogens is 225 g/mol. The molecule has 1 aliphatic rings. The van der Waals surface area contributed by atoms with Crippen molar-refractivity contribution in [3.63, 3.8) is 0 Å². The molecule has 2 rings (SSSR count). The van der Waals surface area contributed by atoms with E-state index in [1.54, 1.807) is 0 Å². The second kappa shape index (κ2) is 4.09. The minimum atomic E-state index is 0.311. The lowest BCUT2D eigenvalue weighted by molar-refractivity contribution is 0.751. The highest BCUT2D eigenvalue weighted by atomic mass is 35.5. The molecule has 13 heavy (non-hydrogen) atoms. The van der Waals surface area contributed by atoms with E-state index in [0.717, 1.165) is 17.9 Å². The molecule has 1 aromatic carbocycles. The molecule has 0 amide bonds. The molecule has 1 aliphatic heterocycles. The third kappa shape index (κ3) is 1.96. The van der Waals surface area contributed by atoms with Crippen LogP contribution in [0.15, 0.2) is 18.2 Å². The summed E-state index contributed by atoms with van der Waals surface area (Å²) in [6, 6.07) is 5.77. The van der Waals surface area contributed by atoms with E-state index in [1.165, 1.54) is 0 Å². The first-order valence-corrected chi connectivity index (χ1v) is 5.88. The van der Waals surface area contributed by atoms with E-state index in [2.05, 4.69) is 5.32 Å². The molecule has 0 aromatic heterocycles. The van der Waals surface area contributed by atoms with Crippen molar-refractivity contribution >= 4 is 35.0 Å². The van der Waals surface area contributed by atoms with Crippen LogP contribution in [-0.2, 0) is 0 Å². The zero-order valence-electron chi connectivity index (χ0n) is 6.89. The first-order chi connectivity index (χ1) is 6.29. The van der Waals surface area contributed by atoms with Crippen LogP contribution in [0.4, 0.5) is 0 Å². The normalized spacial score (nSPS) is 22.2. The Bertz CT molecular complexity index is 310. The lowest BCUT2D eigenvalue weighted by Gasteiger charge is -2.12. The number of rotatable bonds is 1. The van der Waals surface area contributed by atoms with E-state index < -0.39 is 0 Å². The van der Waals surface area contributed by atoms with Crippen LogP contribution in [0.25, 0.3) is 0 Å². The van der Waals surface area contributed by atoms with E-state index in [4.69, 9.17) is 23.2 Å². The van der Waals surface area contributed by atoms with Crippen LogP contribution in [0.2, 0.25) is 10.0 Å². The van der Waals surface area contributed by atoms with Gasteiger partial charge in [-0.05, 0) is 11.6 Å². The van der Waals surface area contributed by atoms with Crippen molar-refractivity contribution in [2.24, 2.45) is 0 Å². The molecule has 0 radical (unpaired) electrons.